The Morgan fingerprint density at radius 2 is 1.66 bits per heavy atom. The van der Waals surface area contributed by atoms with Crippen LogP contribution in [0.3, 0.4) is 0 Å². The fourth-order valence-corrected chi connectivity index (χ4v) is 2.51. The van der Waals surface area contributed by atoms with Crippen LogP contribution in [0.15, 0.2) is 33.5 Å². The van der Waals surface area contributed by atoms with Gasteiger partial charge in [0.25, 0.3) is 0 Å². The summed E-state index contributed by atoms with van der Waals surface area (Å²) in [7, 11) is 0. The van der Waals surface area contributed by atoms with E-state index >= 15 is 0 Å². The van der Waals surface area contributed by atoms with E-state index in [0.29, 0.717) is 17.7 Å². The molecular formula is C27H45N5O6. The number of benzene rings is 1. The Bertz CT molecular complexity index is 1010. The third kappa shape index (κ3) is 21.5. The standard InChI is InChI=1S/C11H9NO3.C6H11N3O3.C6H15N.C4H10/c1-7-4-11(14)15-10-5-8(12-6-13)2-3-9(7)10;1-4(10)8-3-6(12)9-2-5(7)11;1-2-3-4-5-6-7;1-4(2)3/h2-6H,1H3,(H,12,13);2-3H2,1H3,(H2,7,11)(H,8,10)(H,9,12);2-7H2,1H3;4H,1-3H3. The second-order valence-electron chi connectivity index (χ2n) is 8.96. The molecule has 0 aliphatic rings. The van der Waals surface area contributed by atoms with E-state index in [1.54, 1.807) is 18.2 Å². The second-order valence-corrected chi connectivity index (χ2v) is 8.96. The number of carbonyl (C=O) groups is 4. The summed E-state index contributed by atoms with van der Waals surface area (Å²) in [4.78, 5) is 52.5. The topological polar surface area (TPSA) is 187 Å². The van der Waals surface area contributed by atoms with Crippen LogP contribution in [0.25, 0.3) is 11.0 Å². The zero-order valence-electron chi connectivity index (χ0n) is 23.5. The summed E-state index contributed by atoms with van der Waals surface area (Å²) < 4.78 is 5.02. The van der Waals surface area contributed by atoms with Gasteiger partial charge in [0, 0.05) is 30.1 Å². The molecule has 0 saturated carbocycles. The highest BCUT2D eigenvalue weighted by atomic mass is 16.4. The highest BCUT2D eigenvalue weighted by Crippen LogP contribution is 2.20. The molecule has 11 nitrogen and oxygen atoms in total. The number of nitrogens with one attached hydrogen (secondary N) is 3. The Kier molecular flexibility index (Phi) is 21.5. The molecule has 0 radical (unpaired) electrons. The highest BCUT2D eigenvalue weighted by Gasteiger charge is 2.03. The summed E-state index contributed by atoms with van der Waals surface area (Å²) in [6, 6.07) is 6.62. The van der Waals surface area contributed by atoms with Crippen molar-refractivity contribution >= 4 is 40.8 Å². The second kappa shape index (κ2) is 22.5. The Morgan fingerprint density at radius 3 is 2.16 bits per heavy atom. The van der Waals surface area contributed by atoms with Crippen molar-refractivity contribution in [2.45, 2.75) is 67.2 Å². The van der Waals surface area contributed by atoms with Gasteiger partial charge in [-0.15, -0.1) is 0 Å². The SMILES string of the molecule is CC(=O)NCC(=O)NCC(N)=O.CC(C)C.CCCCCCN.Cc1cc(=O)oc2cc(NC=O)ccc12. The fraction of sp³-hybridized carbons (Fsp3) is 0.519. The van der Waals surface area contributed by atoms with E-state index in [2.05, 4.69) is 43.6 Å². The summed E-state index contributed by atoms with van der Waals surface area (Å²) >= 11 is 0. The van der Waals surface area contributed by atoms with E-state index in [-0.39, 0.29) is 24.6 Å². The van der Waals surface area contributed by atoms with Gasteiger partial charge in [-0.25, -0.2) is 4.79 Å². The van der Waals surface area contributed by atoms with E-state index in [9.17, 15) is 24.0 Å². The van der Waals surface area contributed by atoms with Crippen LogP contribution in [0, 0.1) is 12.8 Å². The van der Waals surface area contributed by atoms with Gasteiger partial charge >= 0.3 is 5.63 Å². The van der Waals surface area contributed by atoms with Crippen LogP contribution < -0.4 is 33.0 Å². The van der Waals surface area contributed by atoms with Gasteiger partial charge in [-0.1, -0.05) is 47.0 Å². The van der Waals surface area contributed by atoms with Crippen molar-refractivity contribution in [3.05, 3.63) is 40.2 Å². The summed E-state index contributed by atoms with van der Waals surface area (Å²) in [5, 5.41) is 7.84. The Morgan fingerprint density at radius 1 is 1.03 bits per heavy atom. The lowest BCUT2D eigenvalue weighted by molar-refractivity contribution is -0.126. The summed E-state index contributed by atoms with van der Waals surface area (Å²) in [5.74, 6) is -0.528. The molecule has 2 rings (SSSR count). The maximum absolute atomic E-state index is 11.1. The Hall–Kier alpha value is -3.73. The first-order valence-electron chi connectivity index (χ1n) is 12.6. The number of amides is 4. The van der Waals surface area contributed by atoms with Gasteiger partial charge < -0.3 is 31.8 Å². The molecule has 1 aromatic heterocycles. The first-order chi connectivity index (χ1) is 17.9. The maximum Gasteiger partial charge on any atom is 0.336 e. The molecule has 4 amide bonds. The van der Waals surface area contributed by atoms with Crippen molar-refractivity contribution in [1.82, 2.24) is 10.6 Å². The molecule has 11 heteroatoms. The molecular weight excluding hydrogens is 490 g/mol. The smallest absolute Gasteiger partial charge is 0.336 e. The normalized spacial score (nSPS) is 9.47. The molecule has 0 unspecified atom stereocenters. The number of hydrogen-bond acceptors (Lipinski definition) is 7. The summed E-state index contributed by atoms with van der Waals surface area (Å²) in [6.45, 7) is 12.4. The quantitative estimate of drug-likeness (QED) is 0.176. The number of fused-ring (bicyclic) bond motifs is 1. The number of carbonyl (C=O) groups excluding carboxylic acids is 4. The summed E-state index contributed by atoms with van der Waals surface area (Å²) in [6.07, 6.45) is 5.74. The van der Waals surface area contributed by atoms with Gasteiger partial charge in [0.05, 0.1) is 13.1 Å². The molecule has 0 atom stereocenters. The van der Waals surface area contributed by atoms with Crippen molar-refractivity contribution in [2.75, 3.05) is 25.0 Å². The van der Waals surface area contributed by atoms with Crippen LogP contribution in [0.4, 0.5) is 5.69 Å². The monoisotopic (exact) mass is 535 g/mol. The van der Waals surface area contributed by atoms with Gasteiger partial charge in [0.1, 0.15) is 5.58 Å². The number of anilines is 1. The molecule has 38 heavy (non-hydrogen) atoms. The van der Waals surface area contributed by atoms with Crippen molar-refractivity contribution in [3.63, 3.8) is 0 Å². The number of primary amides is 1. The lowest BCUT2D eigenvalue weighted by Gasteiger charge is -2.02. The van der Waals surface area contributed by atoms with Crippen LogP contribution >= 0.6 is 0 Å². The third-order valence-corrected chi connectivity index (χ3v) is 4.19. The zero-order valence-corrected chi connectivity index (χ0v) is 23.5. The predicted molar refractivity (Wildman–Crippen MR) is 152 cm³/mol. The average molecular weight is 536 g/mol. The van der Waals surface area contributed by atoms with Crippen LogP contribution in [-0.2, 0) is 19.2 Å². The lowest BCUT2D eigenvalue weighted by atomic mass is 10.1. The van der Waals surface area contributed by atoms with Crippen LogP contribution in [0.5, 0.6) is 0 Å². The van der Waals surface area contributed by atoms with E-state index in [4.69, 9.17) is 15.9 Å². The maximum atomic E-state index is 11.1. The van der Waals surface area contributed by atoms with Crippen LogP contribution in [0.1, 0.15) is 65.9 Å². The van der Waals surface area contributed by atoms with Crippen molar-refractivity contribution < 1.29 is 23.6 Å². The largest absolute Gasteiger partial charge is 0.423 e. The molecule has 1 aromatic carbocycles. The molecule has 0 saturated heterocycles. The number of aryl methyl sites for hydroxylation is 1. The first-order valence-corrected chi connectivity index (χ1v) is 12.6. The first kappa shape index (κ1) is 36.4. The van der Waals surface area contributed by atoms with Gasteiger partial charge in [0.15, 0.2) is 0 Å². The average Bonchev–Trinajstić information content (AvgIpc) is 2.82. The molecule has 0 fully saturated rings. The Balaban J connectivity index is 0. The lowest BCUT2D eigenvalue weighted by Crippen LogP contribution is -2.39. The van der Waals surface area contributed by atoms with Crippen LogP contribution in [0.2, 0.25) is 0 Å². The summed E-state index contributed by atoms with van der Waals surface area (Å²) in [5.41, 5.74) is 11.6. The zero-order chi connectivity index (χ0) is 29.5. The minimum atomic E-state index is -0.619. The van der Waals surface area contributed by atoms with Gasteiger partial charge in [-0.3, -0.25) is 19.2 Å². The number of nitrogens with two attached hydrogens (primary N) is 2. The highest BCUT2D eigenvalue weighted by molar-refractivity contribution is 5.87. The number of unbranched alkanes of at least 4 members (excludes halogenated alkanes) is 3. The predicted octanol–water partition coefficient (Wildman–Crippen LogP) is 2.58. The van der Waals surface area contributed by atoms with E-state index in [0.717, 1.165) is 23.4 Å². The van der Waals surface area contributed by atoms with Crippen molar-refractivity contribution in [2.24, 2.45) is 17.4 Å². The van der Waals surface area contributed by atoms with Crippen molar-refractivity contribution in [1.29, 1.82) is 0 Å². The number of hydrogen-bond donors (Lipinski definition) is 5. The number of rotatable bonds is 10. The molecule has 0 bridgehead atoms. The molecule has 2 aromatic rings. The molecule has 0 aliphatic carbocycles. The van der Waals surface area contributed by atoms with E-state index < -0.39 is 11.8 Å². The molecule has 214 valence electrons. The van der Waals surface area contributed by atoms with Crippen molar-refractivity contribution in [3.8, 4) is 0 Å². The van der Waals surface area contributed by atoms with E-state index in [1.807, 2.05) is 6.92 Å². The Labute approximate surface area is 225 Å². The van der Waals surface area contributed by atoms with Gasteiger partial charge in [-0.05, 0) is 43.5 Å². The van der Waals surface area contributed by atoms with Gasteiger partial charge in [-0.2, -0.15) is 0 Å². The van der Waals surface area contributed by atoms with Crippen LogP contribution in [-0.4, -0.2) is 43.8 Å². The molecule has 7 N–H and O–H groups in total. The minimum absolute atomic E-state index is 0.136. The van der Waals surface area contributed by atoms with E-state index in [1.165, 1.54) is 38.7 Å². The molecule has 0 aliphatic heterocycles. The van der Waals surface area contributed by atoms with Gasteiger partial charge in [0.2, 0.25) is 24.1 Å². The molecule has 0 spiro atoms. The molecule has 1 heterocycles. The minimum Gasteiger partial charge on any atom is -0.423 e. The fourth-order valence-electron chi connectivity index (χ4n) is 2.51. The third-order valence-electron chi connectivity index (χ3n) is 4.19.